The zero-order valence-electron chi connectivity index (χ0n) is 16.3. The zero-order chi connectivity index (χ0) is 19.3. The standard InChI is InChI=1S/C19H29N3O4S.ClH/c1-26-18-9-8-16(27(24,25)22-11-4-2-3-5-12-22)13-17(18)19(23)21-15-7-6-10-20-14-15;/h8-9,13,15,20H,2-7,10-12,14H2,1H3,(H,21,23);1H. The number of carbonyl (C=O) groups is 1. The van der Waals surface area contributed by atoms with Crippen molar-refractivity contribution < 1.29 is 17.9 Å². The van der Waals surface area contributed by atoms with Gasteiger partial charge in [0.1, 0.15) is 5.75 Å². The number of nitrogens with one attached hydrogen (secondary N) is 2. The number of ether oxygens (including phenoxy) is 1. The SMILES string of the molecule is COc1ccc(S(=O)(=O)N2CCCCCC2)cc1C(=O)NC1CCCNC1.Cl. The molecule has 9 heteroatoms. The molecule has 0 saturated carbocycles. The molecule has 1 aromatic rings. The van der Waals surface area contributed by atoms with Crippen molar-refractivity contribution in [1.82, 2.24) is 14.9 Å². The number of methoxy groups -OCH3 is 1. The summed E-state index contributed by atoms with van der Waals surface area (Å²) >= 11 is 0. The predicted octanol–water partition coefficient (Wildman–Crippen LogP) is 2.16. The molecule has 0 spiro atoms. The molecular weight excluding hydrogens is 402 g/mol. The number of piperidine rings is 1. The Bertz CT molecular complexity index is 758. The molecule has 2 aliphatic rings. The number of halogens is 1. The quantitative estimate of drug-likeness (QED) is 0.745. The highest BCUT2D eigenvalue weighted by Crippen LogP contribution is 2.26. The molecule has 2 heterocycles. The summed E-state index contributed by atoms with van der Waals surface area (Å²) in [6, 6.07) is 4.59. The highest BCUT2D eigenvalue weighted by Gasteiger charge is 2.27. The fraction of sp³-hybridized carbons (Fsp3) is 0.632. The fourth-order valence-corrected chi connectivity index (χ4v) is 5.24. The van der Waals surface area contributed by atoms with Crippen LogP contribution in [0.4, 0.5) is 0 Å². The summed E-state index contributed by atoms with van der Waals surface area (Å²) in [5.74, 6) is 0.0829. The van der Waals surface area contributed by atoms with Crippen LogP contribution in [0.3, 0.4) is 0 Å². The Kier molecular flexibility index (Phi) is 8.55. The van der Waals surface area contributed by atoms with Gasteiger partial charge in [-0.15, -0.1) is 12.4 Å². The van der Waals surface area contributed by atoms with Gasteiger partial charge in [-0.05, 0) is 50.4 Å². The average Bonchev–Trinajstić information content (AvgIpc) is 2.98. The lowest BCUT2D eigenvalue weighted by Crippen LogP contribution is -2.45. The first-order valence-electron chi connectivity index (χ1n) is 9.72. The molecule has 158 valence electrons. The molecule has 1 aromatic carbocycles. The van der Waals surface area contributed by atoms with E-state index < -0.39 is 10.0 Å². The summed E-state index contributed by atoms with van der Waals surface area (Å²) in [7, 11) is -2.13. The highest BCUT2D eigenvalue weighted by atomic mass is 35.5. The van der Waals surface area contributed by atoms with E-state index in [1.165, 1.54) is 23.5 Å². The first-order valence-corrected chi connectivity index (χ1v) is 11.2. The van der Waals surface area contributed by atoms with Gasteiger partial charge in [0.2, 0.25) is 10.0 Å². The number of nitrogens with zero attached hydrogens (tertiary/aromatic N) is 1. The van der Waals surface area contributed by atoms with Crippen molar-refractivity contribution >= 4 is 28.3 Å². The summed E-state index contributed by atoms with van der Waals surface area (Å²) in [6.45, 7) is 2.74. The molecule has 1 amide bonds. The molecule has 28 heavy (non-hydrogen) atoms. The van der Waals surface area contributed by atoms with Crippen molar-refractivity contribution in [2.24, 2.45) is 0 Å². The number of hydrogen-bond acceptors (Lipinski definition) is 5. The molecule has 0 aromatic heterocycles. The van der Waals surface area contributed by atoms with Crippen molar-refractivity contribution in [2.75, 3.05) is 33.3 Å². The van der Waals surface area contributed by atoms with E-state index in [-0.39, 0.29) is 34.8 Å². The molecule has 7 nitrogen and oxygen atoms in total. The van der Waals surface area contributed by atoms with Crippen LogP contribution >= 0.6 is 12.4 Å². The van der Waals surface area contributed by atoms with Gasteiger partial charge in [-0.2, -0.15) is 4.31 Å². The second-order valence-corrected chi connectivity index (χ2v) is 9.14. The minimum atomic E-state index is -3.61. The van der Waals surface area contributed by atoms with Gasteiger partial charge in [0.25, 0.3) is 5.91 Å². The Hall–Kier alpha value is -1.35. The van der Waals surface area contributed by atoms with Crippen LogP contribution in [0.25, 0.3) is 0 Å². The second kappa shape index (κ2) is 10.4. The van der Waals surface area contributed by atoms with E-state index in [4.69, 9.17) is 4.74 Å². The topological polar surface area (TPSA) is 87.7 Å². The van der Waals surface area contributed by atoms with Crippen LogP contribution < -0.4 is 15.4 Å². The molecule has 1 unspecified atom stereocenters. The Morgan fingerprint density at radius 2 is 1.89 bits per heavy atom. The molecular formula is C19H30ClN3O4S. The van der Waals surface area contributed by atoms with E-state index in [2.05, 4.69) is 10.6 Å². The normalized spacial score (nSPS) is 21.2. The highest BCUT2D eigenvalue weighted by molar-refractivity contribution is 7.89. The largest absolute Gasteiger partial charge is 0.496 e. The first kappa shape index (κ1) is 22.9. The zero-order valence-corrected chi connectivity index (χ0v) is 17.9. The van der Waals surface area contributed by atoms with Gasteiger partial charge in [0.05, 0.1) is 17.6 Å². The van der Waals surface area contributed by atoms with Gasteiger partial charge in [0.15, 0.2) is 0 Å². The first-order chi connectivity index (χ1) is 13.0. The maximum atomic E-state index is 13.0. The van der Waals surface area contributed by atoms with Crippen molar-refractivity contribution in [2.45, 2.75) is 49.5 Å². The molecule has 1 atom stereocenters. The van der Waals surface area contributed by atoms with Gasteiger partial charge in [-0.3, -0.25) is 4.79 Å². The van der Waals surface area contributed by atoms with E-state index in [0.717, 1.165) is 51.6 Å². The summed E-state index contributed by atoms with van der Waals surface area (Å²) in [4.78, 5) is 12.9. The van der Waals surface area contributed by atoms with Crippen molar-refractivity contribution in [3.05, 3.63) is 23.8 Å². The van der Waals surface area contributed by atoms with Gasteiger partial charge in [-0.1, -0.05) is 12.8 Å². The van der Waals surface area contributed by atoms with Gasteiger partial charge in [-0.25, -0.2) is 8.42 Å². The predicted molar refractivity (Wildman–Crippen MR) is 111 cm³/mol. The minimum absolute atomic E-state index is 0. The number of amides is 1. The van der Waals surface area contributed by atoms with Crippen molar-refractivity contribution in [3.8, 4) is 5.75 Å². The third-order valence-electron chi connectivity index (χ3n) is 5.25. The molecule has 0 radical (unpaired) electrons. The number of benzene rings is 1. The molecule has 0 aliphatic carbocycles. The van der Waals surface area contributed by atoms with Crippen LogP contribution in [0.2, 0.25) is 0 Å². The third kappa shape index (κ3) is 5.37. The number of sulfonamides is 1. The Labute approximate surface area is 173 Å². The molecule has 0 bridgehead atoms. The van der Waals surface area contributed by atoms with E-state index in [0.29, 0.717) is 18.8 Å². The van der Waals surface area contributed by atoms with Crippen LogP contribution in [0.5, 0.6) is 5.75 Å². The van der Waals surface area contributed by atoms with Gasteiger partial charge in [0, 0.05) is 25.7 Å². The van der Waals surface area contributed by atoms with Crippen LogP contribution in [0.1, 0.15) is 48.9 Å². The van der Waals surface area contributed by atoms with Gasteiger partial charge < -0.3 is 15.4 Å². The number of rotatable bonds is 5. The smallest absolute Gasteiger partial charge is 0.255 e. The number of hydrogen-bond donors (Lipinski definition) is 2. The average molecular weight is 432 g/mol. The van der Waals surface area contributed by atoms with Crippen LogP contribution in [-0.2, 0) is 10.0 Å². The van der Waals surface area contributed by atoms with Crippen molar-refractivity contribution in [3.63, 3.8) is 0 Å². The van der Waals surface area contributed by atoms with E-state index in [1.54, 1.807) is 6.07 Å². The lowest BCUT2D eigenvalue weighted by Gasteiger charge is -2.24. The van der Waals surface area contributed by atoms with Crippen LogP contribution in [0.15, 0.2) is 23.1 Å². The minimum Gasteiger partial charge on any atom is -0.496 e. The Morgan fingerprint density at radius 3 is 2.50 bits per heavy atom. The third-order valence-corrected chi connectivity index (χ3v) is 7.15. The Morgan fingerprint density at radius 1 is 1.18 bits per heavy atom. The molecule has 2 aliphatic heterocycles. The lowest BCUT2D eigenvalue weighted by atomic mass is 10.1. The maximum absolute atomic E-state index is 13.0. The summed E-state index contributed by atoms with van der Waals surface area (Å²) < 4.78 is 32.9. The van der Waals surface area contributed by atoms with Crippen LogP contribution in [0, 0.1) is 0 Å². The maximum Gasteiger partial charge on any atom is 0.255 e. The van der Waals surface area contributed by atoms with Gasteiger partial charge >= 0.3 is 0 Å². The van der Waals surface area contributed by atoms with E-state index >= 15 is 0 Å². The van der Waals surface area contributed by atoms with E-state index in [9.17, 15) is 13.2 Å². The lowest BCUT2D eigenvalue weighted by molar-refractivity contribution is 0.0927. The summed E-state index contributed by atoms with van der Waals surface area (Å²) in [5, 5.41) is 6.24. The second-order valence-electron chi connectivity index (χ2n) is 7.20. The summed E-state index contributed by atoms with van der Waals surface area (Å²) in [6.07, 6.45) is 5.77. The molecule has 2 N–H and O–H groups in total. The monoisotopic (exact) mass is 431 g/mol. The molecule has 2 saturated heterocycles. The molecule has 3 rings (SSSR count). The van der Waals surface area contributed by atoms with Crippen LogP contribution in [-0.4, -0.2) is 58.0 Å². The molecule has 2 fully saturated rings. The number of carbonyl (C=O) groups excluding carboxylic acids is 1. The van der Waals surface area contributed by atoms with E-state index in [1.807, 2.05) is 0 Å². The fourth-order valence-electron chi connectivity index (χ4n) is 3.69. The summed E-state index contributed by atoms with van der Waals surface area (Å²) in [5.41, 5.74) is 0.263. The Balaban J connectivity index is 0.00000280. The van der Waals surface area contributed by atoms with Crippen molar-refractivity contribution in [1.29, 1.82) is 0 Å².